The van der Waals surface area contributed by atoms with Crippen LogP contribution in [0.25, 0.3) is 0 Å². The van der Waals surface area contributed by atoms with Crippen LogP contribution < -0.4 is 4.90 Å². The van der Waals surface area contributed by atoms with Crippen LogP contribution in [0.1, 0.15) is 32.3 Å². The normalized spacial score (nSPS) is 12.6. The van der Waals surface area contributed by atoms with Gasteiger partial charge in [0, 0.05) is 29.4 Å². The van der Waals surface area contributed by atoms with Crippen LogP contribution in [0.5, 0.6) is 0 Å². The van der Waals surface area contributed by atoms with Crippen molar-refractivity contribution < 1.29 is 5.11 Å². The van der Waals surface area contributed by atoms with Crippen LogP contribution in [-0.2, 0) is 6.61 Å². The third kappa shape index (κ3) is 3.13. The van der Waals surface area contributed by atoms with E-state index in [-0.39, 0.29) is 6.61 Å². The summed E-state index contributed by atoms with van der Waals surface area (Å²) in [6.07, 6.45) is 2.29. The fourth-order valence-corrected chi connectivity index (χ4v) is 2.01. The summed E-state index contributed by atoms with van der Waals surface area (Å²) in [7, 11) is 2.05. The highest BCUT2D eigenvalue weighted by molar-refractivity contribution is 6.30. The molecule has 0 saturated carbocycles. The van der Waals surface area contributed by atoms with E-state index in [1.54, 1.807) is 0 Å². The van der Waals surface area contributed by atoms with Gasteiger partial charge < -0.3 is 10.0 Å². The Labute approximate surface area is 103 Å². The van der Waals surface area contributed by atoms with E-state index in [2.05, 4.69) is 18.7 Å². The number of benzene rings is 1. The van der Waals surface area contributed by atoms with Crippen LogP contribution in [-0.4, -0.2) is 18.2 Å². The van der Waals surface area contributed by atoms with Gasteiger partial charge in [0.2, 0.25) is 0 Å². The van der Waals surface area contributed by atoms with E-state index >= 15 is 0 Å². The summed E-state index contributed by atoms with van der Waals surface area (Å²) >= 11 is 5.99. The largest absolute Gasteiger partial charge is 0.392 e. The van der Waals surface area contributed by atoms with E-state index in [0.717, 1.165) is 24.1 Å². The lowest BCUT2D eigenvalue weighted by molar-refractivity contribution is 0.282. The Bertz CT molecular complexity index is 341. The van der Waals surface area contributed by atoms with Crippen LogP contribution in [0.4, 0.5) is 5.69 Å². The van der Waals surface area contributed by atoms with Crippen molar-refractivity contribution in [3.8, 4) is 0 Å². The Morgan fingerprint density at radius 3 is 2.69 bits per heavy atom. The first-order chi connectivity index (χ1) is 7.60. The molecule has 0 spiro atoms. The third-order valence-corrected chi connectivity index (χ3v) is 3.20. The van der Waals surface area contributed by atoms with Gasteiger partial charge in [-0.2, -0.15) is 0 Å². The van der Waals surface area contributed by atoms with Crippen molar-refractivity contribution in [1.29, 1.82) is 0 Å². The molecule has 2 nitrogen and oxygen atoms in total. The van der Waals surface area contributed by atoms with Crippen LogP contribution in [0.15, 0.2) is 18.2 Å². The lowest BCUT2D eigenvalue weighted by Gasteiger charge is -2.28. The summed E-state index contributed by atoms with van der Waals surface area (Å²) in [4.78, 5) is 2.18. The molecule has 0 aliphatic heterocycles. The summed E-state index contributed by atoms with van der Waals surface area (Å²) in [5.74, 6) is 0. The fraction of sp³-hybridized carbons (Fsp3) is 0.538. The average molecular weight is 242 g/mol. The molecule has 0 aliphatic carbocycles. The SMILES string of the molecule is CCCC(C)N(C)c1cc(Cl)ccc1CO. The number of rotatable bonds is 5. The fourth-order valence-electron chi connectivity index (χ4n) is 1.85. The van der Waals surface area contributed by atoms with E-state index in [1.165, 1.54) is 0 Å². The van der Waals surface area contributed by atoms with Crippen LogP contribution in [0, 0.1) is 0 Å². The molecule has 90 valence electrons. The Balaban J connectivity index is 2.96. The lowest BCUT2D eigenvalue weighted by Crippen LogP contribution is -2.29. The highest BCUT2D eigenvalue weighted by Gasteiger charge is 2.12. The molecule has 0 aliphatic rings. The number of aliphatic hydroxyl groups is 1. The molecule has 1 rings (SSSR count). The Morgan fingerprint density at radius 2 is 2.12 bits per heavy atom. The van der Waals surface area contributed by atoms with E-state index in [0.29, 0.717) is 11.1 Å². The van der Waals surface area contributed by atoms with Gasteiger partial charge in [-0.25, -0.2) is 0 Å². The quantitative estimate of drug-likeness (QED) is 0.854. The minimum atomic E-state index is 0.0513. The summed E-state index contributed by atoms with van der Waals surface area (Å²) < 4.78 is 0. The number of aliphatic hydroxyl groups excluding tert-OH is 1. The predicted octanol–water partition coefficient (Wildman–Crippen LogP) is 3.46. The lowest BCUT2D eigenvalue weighted by atomic mass is 10.1. The Kier molecular flexibility index (Phi) is 5.10. The van der Waals surface area contributed by atoms with E-state index in [1.807, 2.05) is 25.2 Å². The second kappa shape index (κ2) is 6.12. The first-order valence-electron chi connectivity index (χ1n) is 5.72. The Morgan fingerprint density at radius 1 is 1.44 bits per heavy atom. The molecule has 1 N–H and O–H groups in total. The van der Waals surface area contributed by atoms with Crippen LogP contribution in [0.2, 0.25) is 5.02 Å². The zero-order chi connectivity index (χ0) is 12.1. The topological polar surface area (TPSA) is 23.5 Å². The molecule has 16 heavy (non-hydrogen) atoms. The zero-order valence-corrected chi connectivity index (χ0v) is 11.0. The summed E-state index contributed by atoms with van der Waals surface area (Å²) in [5, 5.41) is 10.0. The highest BCUT2D eigenvalue weighted by atomic mass is 35.5. The standard InChI is InChI=1S/C13H20ClNO/c1-4-5-10(2)15(3)13-8-12(14)7-6-11(13)9-16/h6-8,10,16H,4-5,9H2,1-3H3. The van der Waals surface area contributed by atoms with Crippen molar-refractivity contribution in [2.75, 3.05) is 11.9 Å². The van der Waals surface area contributed by atoms with Crippen molar-refractivity contribution in [3.05, 3.63) is 28.8 Å². The number of halogens is 1. The molecule has 0 saturated heterocycles. The minimum Gasteiger partial charge on any atom is -0.392 e. The Hall–Kier alpha value is -0.730. The summed E-state index contributed by atoms with van der Waals surface area (Å²) in [5.41, 5.74) is 1.95. The predicted molar refractivity (Wildman–Crippen MR) is 70.1 cm³/mol. The molecule has 0 fully saturated rings. The van der Waals surface area contributed by atoms with Crippen LogP contribution >= 0.6 is 11.6 Å². The van der Waals surface area contributed by atoms with Gasteiger partial charge in [0.1, 0.15) is 0 Å². The maximum atomic E-state index is 9.30. The monoisotopic (exact) mass is 241 g/mol. The second-order valence-electron chi connectivity index (χ2n) is 4.18. The van der Waals surface area contributed by atoms with E-state index in [4.69, 9.17) is 11.6 Å². The molecule has 0 radical (unpaired) electrons. The first-order valence-corrected chi connectivity index (χ1v) is 6.10. The van der Waals surface area contributed by atoms with Crippen molar-refractivity contribution in [2.24, 2.45) is 0 Å². The maximum absolute atomic E-state index is 9.30. The molecule has 1 aromatic carbocycles. The number of hydrogen-bond donors (Lipinski definition) is 1. The smallest absolute Gasteiger partial charge is 0.0702 e. The second-order valence-corrected chi connectivity index (χ2v) is 4.62. The molecule has 0 amide bonds. The summed E-state index contributed by atoms with van der Waals surface area (Å²) in [6, 6.07) is 6.06. The van der Waals surface area contributed by atoms with Crippen LogP contribution in [0.3, 0.4) is 0 Å². The van der Waals surface area contributed by atoms with Gasteiger partial charge in [-0.3, -0.25) is 0 Å². The van der Waals surface area contributed by atoms with Crippen molar-refractivity contribution in [3.63, 3.8) is 0 Å². The third-order valence-electron chi connectivity index (χ3n) is 2.97. The summed E-state index contributed by atoms with van der Waals surface area (Å²) in [6.45, 7) is 4.41. The van der Waals surface area contributed by atoms with Gasteiger partial charge in [0.25, 0.3) is 0 Å². The number of anilines is 1. The average Bonchev–Trinajstić information content (AvgIpc) is 2.28. The molecular weight excluding hydrogens is 222 g/mol. The maximum Gasteiger partial charge on any atom is 0.0702 e. The van der Waals surface area contributed by atoms with E-state index in [9.17, 15) is 5.11 Å². The first kappa shape index (κ1) is 13.3. The molecular formula is C13H20ClNO. The van der Waals surface area contributed by atoms with Gasteiger partial charge in [-0.05, 0) is 25.5 Å². The number of nitrogens with zero attached hydrogens (tertiary/aromatic N) is 1. The molecule has 1 unspecified atom stereocenters. The van der Waals surface area contributed by atoms with Crippen molar-refractivity contribution >= 4 is 17.3 Å². The molecule has 1 aromatic rings. The molecule has 1 atom stereocenters. The van der Waals surface area contributed by atoms with Gasteiger partial charge in [-0.1, -0.05) is 31.0 Å². The minimum absolute atomic E-state index is 0.0513. The highest BCUT2D eigenvalue weighted by Crippen LogP contribution is 2.26. The van der Waals surface area contributed by atoms with E-state index < -0.39 is 0 Å². The van der Waals surface area contributed by atoms with Gasteiger partial charge in [-0.15, -0.1) is 0 Å². The number of hydrogen-bond acceptors (Lipinski definition) is 2. The molecule has 0 aromatic heterocycles. The zero-order valence-electron chi connectivity index (χ0n) is 10.2. The van der Waals surface area contributed by atoms with Crippen molar-refractivity contribution in [1.82, 2.24) is 0 Å². The molecule has 0 heterocycles. The van der Waals surface area contributed by atoms with Gasteiger partial charge >= 0.3 is 0 Å². The van der Waals surface area contributed by atoms with Gasteiger partial charge in [0.05, 0.1) is 6.61 Å². The molecule has 3 heteroatoms. The molecule has 0 bridgehead atoms. The van der Waals surface area contributed by atoms with Gasteiger partial charge in [0.15, 0.2) is 0 Å². The van der Waals surface area contributed by atoms with Crippen molar-refractivity contribution in [2.45, 2.75) is 39.3 Å².